The molecule has 0 atom stereocenters. The molecule has 0 bridgehead atoms. The molecule has 0 radical (unpaired) electrons. The van der Waals surface area contributed by atoms with Crippen LogP contribution in [0.4, 0.5) is 0 Å². The van der Waals surface area contributed by atoms with Crippen LogP contribution in [0, 0.1) is 0 Å². The molecule has 0 aliphatic carbocycles. The van der Waals surface area contributed by atoms with E-state index in [1.54, 1.807) is 0 Å². The molecule has 3 heteroatoms. The van der Waals surface area contributed by atoms with E-state index >= 15 is 0 Å². The molecule has 0 saturated carbocycles. The molecule has 112 valence electrons. The number of hydrogen-bond donors (Lipinski definition) is 1. The lowest BCUT2D eigenvalue weighted by molar-refractivity contribution is 0.106. The van der Waals surface area contributed by atoms with Gasteiger partial charge in [-0.1, -0.05) is 66.2 Å². The summed E-state index contributed by atoms with van der Waals surface area (Å²) in [4.78, 5) is 0. The summed E-state index contributed by atoms with van der Waals surface area (Å²) in [5.74, 6) is 0. The Kier molecular flexibility index (Phi) is 6.43. The van der Waals surface area contributed by atoms with Crippen LogP contribution < -0.4 is 5.32 Å². The molecule has 1 N–H and O–H groups in total. The maximum atomic E-state index is 5.86. The average molecular weight is 348 g/mol. The lowest BCUT2D eigenvalue weighted by Crippen LogP contribution is -2.22. The number of benzene rings is 2. The molecule has 0 aliphatic heterocycles. The summed E-state index contributed by atoms with van der Waals surface area (Å²) in [7, 11) is 0. The third-order valence-electron chi connectivity index (χ3n) is 3.23. The molecule has 0 unspecified atom stereocenters. The molecule has 0 aliphatic rings. The van der Waals surface area contributed by atoms with E-state index < -0.39 is 0 Å². The number of nitrogens with one attached hydrogen (secondary N) is 1. The maximum Gasteiger partial charge on any atom is 0.0724 e. The zero-order valence-corrected chi connectivity index (χ0v) is 14.2. The molecule has 0 amide bonds. The summed E-state index contributed by atoms with van der Waals surface area (Å²) in [6, 6.07) is 17.2. The minimum Gasteiger partial charge on any atom is -0.372 e. The van der Waals surface area contributed by atoms with Gasteiger partial charge in [0.15, 0.2) is 0 Å². The molecule has 0 fully saturated rings. The van der Waals surface area contributed by atoms with E-state index in [1.807, 2.05) is 12.1 Å². The highest BCUT2D eigenvalue weighted by molar-refractivity contribution is 9.10. The monoisotopic (exact) mass is 347 g/mol. The number of halogens is 1. The number of ether oxygens (including phenoxy) is 1. The van der Waals surface area contributed by atoms with Crippen LogP contribution in [0.5, 0.6) is 0 Å². The Morgan fingerprint density at radius 1 is 1.00 bits per heavy atom. The minimum absolute atomic E-state index is 0.487. The molecule has 21 heavy (non-hydrogen) atoms. The summed E-state index contributed by atoms with van der Waals surface area (Å²) < 4.78 is 6.95. The van der Waals surface area contributed by atoms with Crippen molar-refractivity contribution in [1.82, 2.24) is 5.32 Å². The molecule has 2 aromatic rings. The van der Waals surface area contributed by atoms with E-state index in [1.165, 1.54) is 16.7 Å². The first-order valence-corrected chi connectivity index (χ1v) is 8.07. The van der Waals surface area contributed by atoms with Crippen molar-refractivity contribution in [3.05, 3.63) is 69.7 Å². The Bertz CT molecular complexity index is 569. The van der Waals surface area contributed by atoms with Gasteiger partial charge in [0, 0.05) is 17.1 Å². The summed E-state index contributed by atoms with van der Waals surface area (Å²) >= 11 is 3.48. The fraction of sp³-hybridized carbons (Fsp3) is 0.333. The summed E-state index contributed by atoms with van der Waals surface area (Å²) in [5.41, 5.74) is 3.74. The minimum atomic E-state index is 0.487. The van der Waals surface area contributed by atoms with E-state index in [4.69, 9.17) is 4.74 Å². The highest BCUT2D eigenvalue weighted by atomic mass is 79.9. The van der Waals surface area contributed by atoms with E-state index in [-0.39, 0.29) is 0 Å². The van der Waals surface area contributed by atoms with Crippen LogP contribution in [0.3, 0.4) is 0 Å². The van der Waals surface area contributed by atoms with E-state index in [0.29, 0.717) is 19.3 Å². The predicted octanol–water partition coefficient (Wildman–Crippen LogP) is 4.66. The maximum absolute atomic E-state index is 5.86. The van der Waals surface area contributed by atoms with E-state index in [0.717, 1.165) is 11.0 Å². The molecular weight excluding hydrogens is 326 g/mol. The largest absolute Gasteiger partial charge is 0.372 e. The van der Waals surface area contributed by atoms with Crippen molar-refractivity contribution >= 4 is 15.9 Å². The van der Waals surface area contributed by atoms with Crippen molar-refractivity contribution in [1.29, 1.82) is 0 Å². The molecule has 0 saturated heterocycles. The predicted molar refractivity (Wildman–Crippen MR) is 91.1 cm³/mol. The molecular formula is C18H22BrNO. The molecule has 0 aromatic heterocycles. The van der Waals surface area contributed by atoms with Crippen LogP contribution in [0.1, 0.15) is 30.5 Å². The fourth-order valence-electron chi connectivity index (χ4n) is 2.09. The Morgan fingerprint density at radius 2 is 1.76 bits per heavy atom. The van der Waals surface area contributed by atoms with Crippen LogP contribution in [0.2, 0.25) is 0 Å². The molecule has 2 rings (SSSR count). The van der Waals surface area contributed by atoms with Gasteiger partial charge in [0.25, 0.3) is 0 Å². The van der Waals surface area contributed by atoms with Gasteiger partial charge in [0.05, 0.1) is 13.2 Å². The first-order chi connectivity index (χ1) is 10.1. The molecule has 0 spiro atoms. The van der Waals surface area contributed by atoms with Crippen molar-refractivity contribution in [3.8, 4) is 0 Å². The third kappa shape index (κ3) is 5.62. The van der Waals surface area contributed by atoms with Crippen LogP contribution in [-0.4, -0.2) is 6.04 Å². The van der Waals surface area contributed by atoms with Gasteiger partial charge in [-0.05, 0) is 28.8 Å². The standard InChI is InChI=1S/C18H22BrNO/c1-14(2)20-11-16-7-3-4-8-17(16)13-21-12-15-6-5-9-18(19)10-15/h3-10,14,20H,11-13H2,1-2H3. The van der Waals surface area contributed by atoms with Gasteiger partial charge < -0.3 is 10.1 Å². The first kappa shape index (κ1) is 16.2. The second-order valence-electron chi connectivity index (χ2n) is 5.43. The van der Waals surface area contributed by atoms with Gasteiger partial charge >= 0.3 is 0 Å². The lowest BCUT2D eigenvalue weighted by Gasteiger charge is -2.13. The van der Waals surface area contributed by atoms with Crippen LogP contribution >= 0.6 is 15.9 Å². The molecule has 0 heterocycles. The zero-order chi connectivity index (χ0) is 15.1. The van der Waals surface area contributed by atoms with Crippen LogP contribution in [0.15, 0.2) is 53.0 Å². The third-order valence-corrected chi connectivity index (χ3v) is 3.73. The van der Waals surface area contributed by atoms with Crippen molar-refractivity contribution in [3.63, 3.8) is 0 Å². The molecule has 2 aromatic carbocycles. The van der Waals surface area contributed by atoms with E-state index in [9.17, 15) is 0 Å². The van der Waals surface area contributed by atoms with Gasteiger partial charge in [-0.25, -0.2) is 0 Å². The topological polar surface area (TPSA) is 21.3 Å². The highest BCUT2D eigenvalue weighted by Crippen LogP contribution is 2.15. The Labute approximate surface area is 135 Å². The second kappa shape index (κ2) is 8.32. The summed E-state index contributed by atoms with van der Waals surface area (Å²) in [5, 5.41) is 3.46. The molecule has 2 nitrogen and oxygen atoms in total. The Morgan fingerprint density at radius 3 is 2.48 bits per heavy atom. The van der Waals surface area contributed by atoms with Gasteiger partial charge in [0.1, 0.15) is 0 Å². The highest BCUT2D eigenvalue weighted by Gasteiger charge is 2.03. The summed E-state index contributed by atoms with van der Waals surface area (Å²) in [6.07, 6.45) is 0. The van der Waals surface area contributed by atoms with E-state index in [2.05, 4.69) is 71.5 Å². The smallest absolute Gasteiger partial charge is 0.0724 e. The van der Waals surface area contributed by atoms with Crippen LogP contribution in [0.25, 0.3) is 0 Å². The zero-order valence-electron chi connectivity index (χ0n) is 12.6. The number of rotatable bonds is 7. The van der Waals surface area contributed by atoms with Crippen molar-refractivity contribution < 1.29 is 4.74 Å². The van der Waals surface area contributed by atoms with Gasteiger partial charge in [0.2, 0.25) is 0 Å². The Hall–Kier alpha value is -1.16. The van der Waals surface area contributed by atoms with Gasteiger partial charge in [-0.15, -0.1) is 0 Å². The quantitative estimate of drug-likeness (QED) is 0.786. The normalized spacial score (nSPS) is 11.0. The first-order valence-electron chi connectivity index (χ1n) is 7.27. The second-order valence-corrected chi connectivity index (χ2v) is 6.34. The fourth-order valence-corrected chi connectivity index (χ4v) is 2.54. The van der Waals surface area contributed by atoms with Gasteiger partial charge in [-0.3, -0.25) is 0 Å². The number of hydrogen-bond acceptors (Lipinski definition) is 2. The average Bonchev–Trinajstić information content (AvgIpc) is 2.46. The van der Waals surface area contributed by atoms with Crippen LogP contribution in [-0.2, 0) is 24.5 Å². The van der Waals surface area contributed by atoms with Crippen molar-refractivity contribution in [2.75, 3.05) is 0 Å². The van der Waals surface area contributed by atoms with Crippen molar-refractivity contribution in [2.24, 2.45) is 0 Å². The van der Waals surface area contributed by atoms with Crippen molar-refractivity contribution in [2.45, 2.75) is 39.6 Å². The SMILES string of the molecule is CC(C)NCc1ccccc1COCc1cccc(Br)c1. The van der Waals surface area contributed by atoms with Gasteiger partial charge in [-0.2, -0.15) is 0 Å². The Balaban J connectivity index is 1.90. The summed E-state index contributed by atoms with van der Waals surface area (Å²) in [6.45, 7) is 6.47. The lowest BCUT2D eigenvalue weighted by atomic mass is 10.1.